The molecule has 0 bridgehead atoms. The second-order valence-corrected chi connectivity index (χ2v) is 7.31. The van der Waals surface area contributed by atoms with Crippen molar-refractivity contribution in [2.75, 3.05) is 18.5 Å². The van der Waals surface area contributed by atoms with E-state index < -0.39 is 0 Å². The van der Waals surface area contributed by atoms with Crippen LogP contribution >= 0.6 is 11.3 Å². The van der Waals surface area contributed by atoms with E-state index in [1.54, 1.807) is 18.2 Å². The zero-order chi connectivity index (χ0) is 19.5. The molecule has 2 aromatic heterocycles. The predicted molar refractivity (Wildman–Crippen MR) is 104 cm³/mol. The van der Waals surface area contributed by atoms with Gasteiger partial charge in [0.2, 0.25) is 0 Å². The molecule has 7 nitrogen and oxygen atoms in total. The zero-order valence-corrected chi connectivity index (χ0v) is 15.9. The van der Waals surface area contributed by atoms with E-state index in [1.165, 1.54) is 17.6 Å². The minimum atomic E-state index is -0.357. The molecule has 1 aliphatic heterocycles. The number of hydrogen-bond acceptors (Lipinski definition) is 6. The average molecular weight is 398 g/mol. The number of anilines is 1. The van der Waals surface area contributed by atoms with Gasteiger partial charge in [-0.05, 0) is 42.8 Å². The Morgan fingerprint density at radius 3 is 2.75 bits per heavy atom. The normalized spacial score (nSPS) is 15.1. The molecule has 28 heavy (non-hydrogen) atoms. The van der Waals surface area contributed by atoms with Crippen LogP contribution in [0.25, 0.3) is 0 Å². The molecular formula is C20H18N2O5S. The number of para-hydroxylation sites is 2. The van der Waals surface area contributed by atoms with E-state index in [9.17, 15) is 9.59 Å². The third-order valence-corrected chi connectivity index (χ3v) is 5.31. The number of ether oxygens (including phenoxy) is 2. The Kier molecular flexibility index (Phi) is 5.03. The summed E-state index contributed by atoms with van der Waals surface area (Å²) in [6.07, 6.45) is 1.17. The number of carbonyl (C=O) groups is 2. The number of furan rings is 1. The summed E-state index contributed by atoms with van der Waals surface area (Å²) >= 11 is 1.21. The Morgan fingerprint density at radius 2 is 1.96 bits per heavy atom. The molecule has 8 heteroatoms. The van der Waals surface area contributed by atoms with Crippen LogP contribution in [-0.4, -0.2) is 31.1 Å². The summed E-state index contributed by atoms with van der Waals surface area (Å²) < 4.78 is 16.6. The summed E-state index contributed by atoms with van der Waals surface area (Å²) in [5, 5.41) is 6.19. The van der Waals surface area contributed by atoms with Gasteiger partial charge in [-0.1, -0.05) is 12.1 Å². The molecule has 0 aliphatic carbocycles. The first-order valence-electron chi connectivity index (χ1n) is 8.72. The molecule has 1 aromatic carbocycles. The third kappa shape index (κ3) is 3.86. The topological polar surface area (TPSA) is 89.8 Å². The number of thiophene rings is 1. The van der Waals surface area contributed by atoms with Gasteiger partial charge in [-0.3, -0.25) is 9.59 Å². The second kappa shape index (κ2) is 7.77. The number of amides is 2. The Balaban J connectivity index is 1.35. The van der Waals surface area contributed by atoms with Crippen LogP contribution in [0.3, 0.4) is 0 Å². The highest BCUT2D eigenvalue weighted by molar-refractivity contribution is 7.18. The Hall–Kier alpha value is -3.26. The first-order chi connectivity index (χ1) is 13.6. The standard InChI is InChI=1S/C20H18N2O5S/c1-12-9-17(22-19(23)16-7-4-8-25-16)28-18(12)20(24)21-10-13-11-26-14-5-2-3-6-15(14)27-13/h2-9,13H,10-11H2,1H3,(H,21,24)(H,22,23)/t13-/m1/s1. The molecule has 0 saturated carbocycles. The van der Waals surface area contributed by atoms with Crippen molar-refractivity contribution in [1.29, 1.82) is 0 Å². The highest BCUT2D eigenvalue weighted by atomic mass is 32.1. The van der Waals surface area contributed by atoms with E-state index in [4.69, 9.17) is 13.9 Å². The number of nitrogens with one attached hydrogen (secondary N) is 2. The van der Waals surface area contributed by atoms with Gasteiger partial charge in [-0.15, -0.1) is 11.3 Å². The maximum Gasteiger partial charge on any atom is 0.291 e. The van der Waals surface area contributed by atoms with Crippen LogP contribution in [0.1, 0.15) is 25.8 Å². The minimum Gasteiger partial charge on any atom is -0.486 e. The zero-order valence-electron chi connectivity index (χ0n) is 15.1. The monoisotopic (exact) mass is 398 g/mol. The van der Waals surface area contributed by atoms with Gasteiger partial charge < -0.3 is 24.5 Å². The van der Waals surface area contributed by atoms with Crippen LogP contribution in [0.4, 0.5) is 5.00 Å². The highest BCUT2D eigenvalue weighted by Gasteiger charge is 2.22. The summed E-state index contributed by atoms with van der Waals surface area (Å²) in [7, 11) is 0. The lowest BCUT2D eigenvalue weighted by molar-refractivity contribution is 0.0791. The van der Waals surface area contributed by atoms with Gasteiger partial charge in [0.1, 0.15) is 12.7 Å². The molecule has 2 N–H and O–H groups in total. The van der Waals surface area contributed by atoms with Gasteiger partial charge in [0.25, 0.3) is 11.8 Å². The molecule has 3 heterocycles. The maximum atomic E-state index is 12.6. The Bertz CT molecular complexity index is 996. The van der Waals surface area contributed by atoms with Gasteiger partial charge >= 0.3 is 0 Å². The largest absolute Gasteiger partial charge is 0.486 e. The molecule has 1 aliphatic rings. The van der Waals surface area contributed by atoms with Crippen molar-refractivity contribution < 1.29 is 23.5 Å². The summed E-state index contributed by atoms with van der Waals surface area (Å²) in [4.78, 5) is 25.2. The molecule has 1 atom stereocenters. The van der Waals surface area contributed by atoms with Crippen LogP contribution in [0, 0.1) is 6.92 Å². The molecule has 0 saturated heterocycles. The molecule has 0 unspecified atom stereocenters. The van der Waals surface area contributed by atoms with Gasteiger partial charge in [0.05, 0.1) is 22.7 Å². The van der Waals surface area contributed by atoms with Crippen molar-refractivity contribution in [2.24, 2.45) is 0 Å². The van der Waals surface area contributed by atoms with Gasteiger partial charge in [-0.25, -0.2) is 0 Å². The van der Waals surface area contributed by atoms with E-state index >= 15 is 0 Å². The summed E-state index contributed by atoms with van der Waals surface area (Å²) in [5.41, 5.74) is 0.781. The molecule has 144 valence electrons. The van der Waals surface area contributed by atoms with Crippen molar-refractivity contribution in [1.82, 2.24) is 5.32 Å². The van der Waals surface area contributed by atoms with Gasteiger partial charge in [0.15, 0.2) is 17.3 Å². The van der Waals surface area contributed by atoms with Gasteiger partial charge in [0, 0.05) is 0 Å². The van der Waals surface area contributed by atoms with E-state index in [1.807, 2.05) is 31.2 Å². The van der Waals surface area contributed by atoms with Crippen LogP contribution in [0.15, 0.2) is 53.1 Å². The van der Waals surface area contributed by atoms with Crippen LogP contribution < -0.4 is 20.1 Å². The number of aryl methyl sites for hydroxylation is 1. The van der Waals surface area contributed by atoms with Crippen molar-refractivity contribution in [3.8, 4) is 11.5 Å². The van der Waals surface area contributed by atoms with E-state index in [0.717, 1.165) is 5.56 Å². The molecule has 3 aromatic rings. The average Bonchev–Trinajstić information content (AvgIpc) is 3.36. The number of benzene rings is 1. The summed E-state index contributed by atoms with van der Waals surface area (Å²) in [6, 6.07) is 12.4. The molecule has 4 rings (SSSR count). The molecule has 0 spiro atoms. The molecule has 0 radical (unpaired) electrons. The van der Waals surface area contributed by atoms with Crippen LogP contribution in [0.2, 0.25) is 0 Å². The lowest BCUT2D eigenvalue weighted by Crippen LogP contribution is -2.40. The van der Waals surface area contributed by atoms with E-state index in [-0.39, 0.29) is 23.7 Å². The Labute approximate surface area is 165 Å². The van der Waals surface area contributed by atoms with Crippen LogP contribution in [-0.2, 0) is 0 Å². The molecule has 0 fully saturated rings. The van der Waals surface area contributed by atoms with Crippen molar-refractivity contribution in [3.63, 3.8) is 0 Å². The quantitative estimate of drug-likeness (QED) is 0.687. The molecule has 2 amide bonds. The third-order valence-electron chi connectivity index (χ3n) is 4.16. The van der Waals surface area contributed by atoms with Crippen LogP contribution in [0.5, 0.6) is 11.5 Å². The SMILES string of the molecule is Cc1cc(NC(=O)c2ccco2)sc1C(=O)NC[C@@H]1COc2ccccc2O1. The summed E-state index contributed by atoms with van der Waals surface area (Å²) in [5.74, 6) is 1.01. The van der Waals surface area contributed by atoms with Crippen molar-refractivity contribution in [2.45, 2.75) is 13.0 Å². The maximum absolute atomic E-state index is 12.6. The Morgan fingerprint density at radius 1 is 1.14 bits per heavy atom. The summed E-state index contributed by atoms with van der Waals surface area (Å²) in [6.45, 7) is 2.51. The van der Waals surface area contributed by atoms with E-state index in [0.29, 0.717) is 34.5 Å². The predicted octanol–water partition coefficient (Wildman–Crippen LogP) is 3.47. The number of rotatable bonds is 5. The first-order valence-corrected chi connectivity index (χ1v) is 9.54. The second-order valence-electron chi connectivity index (χ2n) is 6.26. The van der Waals surface area contributed by atoms with Crippen molar-refractivity contribution >= 4 is 28.2 Å². The number of fused-ring (bicyclic) bond motifs is 1. The minimum absolute atomic E-state index is 0.215. The first kappa shape index (κ1) is 18.1. The fourth-order valence-electron chi connectivity index (χ4n) is 2.80. The highest BCUT2D eigenvalue weighted by Crippen LogP contribution is 2.31. The van der Waals surface area contributed by atoms with Gasteiger partial charge in [-0.2, -0.15) is 0 Å². The lowest BCUT2D eigenvalue weighted by atomic mass is 10.2. The fourth-order valence-corrected chi connectivity index (χ4v) is 3.78. The van der Waals surface area contributed by atoms with Crippen molar-refractivity contribution in [3.05, 3.63) is 64.9 Å². The fraction of sp³-hybridized carbons (Fsp3) is 0.200. The lowest BCUT2D eigenvalue weighted by Gasteiger charge is -2.26. The number of carbonyl (C=O) groups excluding carboxylic acids is 2. The molecular weight excluding hydrogens is 380 g/mol. The van der Waals surface area contributed by atoms with E-state index in [2.05, 4.69) is 10.6 Å². The number of hydrogen-bond donors (Lipinski definition) is 2. The smallest absolute Gasteiger partial charge is 0.291 e.